The molecule has 7 aromatic carbocycles. The van der Waals surface area contributed by atoms with Crippen molar-refractivity contribution in [2.45, 2.75) is 6.92 Å². The summed E-state index contributed by atoms with van der Waals surface area (Å²) in [4.78, 5) is 30.4. The Morgan fingerprint density at radius 1 is 0.408 bits per heavy atom. The highest BCUT2D eigenvalue weighted by atomic mass is 16.2. The summed E-state index contributed by atoms with van der Waals surface area (Å²) in [6.07, 6.45) is 0. The zero-order valence-electron chi connectivity index (χ0n) is 26.8. The molecule has 9 rings (SSSR count). The lowest BCUT2D eigenvalue weighted by molar-refractivity contribution is 0.0926. The van der Waals surface area contributed by atoms with Crippen molar-refractivity contribution in [2.24, 2.45) is 0 Å². The van der Waals surface area contributed by atoms with E-state index in [-0.39, 0.29) is 11.8 Å². The smallest absolute Gasteiger partial charge is 0.268 e. The van der Waals surface area contributed by atoms with E-state index in [2.05, 4.69) is 84.3 Å². The van der Waals surface area contributed by atoms with Crippen LogP contribution in [0.5, 0.6) is 0 Å². The molecule has 1 aliphatic rings. The Morgan fingerprint density at radius 3 is 1.84 bits per heavy atom. The van der Waals surface area contributed by atoms with Gasteiger partial charge in [-0.05, 0) is 77.2 Å². The molecule has 0 spiro atoms. The monoisotopic (exact) mass is 630 g/mol. The number of hydrogen-bond donors (Lipinski definition) is 0. The molecule has 0 saturated carbocycles. The highest BCUT2D eigenvalue weighted by Gasteiger charge is 2.40. The molecule has 0 saturated heterocycles. The molecule has 0 radical (unpaired) electrons. The van der Waals surface area contributed by atoms with Gasteiger partial charge in [-0.3, -0.25) is 9.59 Å². The summed E-state index contributed by atoms with van der Waals surface area (Å²) in [5.74, 6) is -0.656. The molecule has 0 bridgehead atoms. The van der Waals surface area contributed by atoms with E-state index in [0.717, 1.165) is 55.2 Å². The van der Waals surface area contributed by atoms with E-state index in [4.69, 9.17) is 0 Å². The van der Waals surface area contributed by atoms with Crippen molar-refractivity contribution in [1.82, 2.24) is 4.57 Å². The van der Waals surface area contributed by atoms with E-state index in [0.29, 0.717) is 22.5 Å². The third-order valence-electron chi connectivity index (χ3n) is 9.59. The molecule has 49 heavy (non-hydrogen) atoms. The molecule has 232 valence electrons. The van der Waals surface area contributed by atoms with E-state index in [1.165, 1.54) is 10.5 Å². The molecule has 1 aliphatic heterocycles. The summed E-state index contributed by atoms with van der Waals surface area (Å²) in [5.41, 5.74) is 11.3. The minimum atomic E-state index is -0.331. The Morgan fingerprint density at radius 2 is 1.04 bits per heavy atom. The van der Waals surface area contributed by atoms with Crippen molar-refractivity contribution in [2.75, 3.05) is 4.90 Å². The summed E-state index contributed by atoms with van der Waals surface area (Å²) in [7, 11) is 0. The van der Waals surface area contributed by atoms with Crippen molar-refractivity contribution >= 4 is 39.3 Å². The number of nitrogens with zero attached hydrogens (tertiary/aromatic N) is 2. The van der Waals surface area contributed by atoms with Gasteiger partial charge in [0.05, 0.1) is 33.5 Å². The van der Waals surface area contributed by atoms with E-state index >= 15 is 0 Å². The number of hydrogen-bond acceptors (Lipinski definition) is 2. The van der Waals surface area contributed by atoms with Gasteiger partial charge in [-0.15, -0.1) is 0 Å². The highest BCUT2D eigenvalue weighted by Crippen LogP contribution is 2.42. The molecule has 0 atom stereocenters. The zero-order valence-corrected chi connectivity index (χ0v) is 26.8. The first-order valence-corrected chi connectivity index (χ1v) is 16.4. The van der Waals surface area contributed by atoms with Crippen molar-refractivity contribution in [1.29, 1.82) is 0 Å². The standard InChI is InChI=1S/C45H30N2O2/c1-29-12-10-17-32(26-29)34-23-25-41-38(28-34)35-18-8-9-20-39(35)46(41)42-21-11-19-36-43(42)45(49)47(44(36)48)40-24-22-33(30-13-4-2-5-14-30)27-37(40)31-15-6-3-7-16-31/h2-28H,1H3. The summed E-state index contributed by atoms with van der Waals surface area (Å²) in [6, 6.07) is 54.9. The first-order chi connectivity index (χ1) is 24.1. The molecule has 0 fully saturated rings. The third kappa shape index (κ3) is 4.61. The number of anilines is 1. The minimum absolute atomic E-state index is 0.325. The van der Waals surface area contributed by atoms with E-state index in [9.17, 15) is 9.59 Å². The van der Waals surface area contributed by atoms with Crippen molar-refractivity contribution < 1.29 is 9.59 Å². The minimum Gasteiger partial charge on any atom is -0.308 e. The van der Waals surface area contributed by atoms with Gasteiger partial charge in [-0.1, -0.05) is 127 Å². The normalized spacial score (nSPS) is 12.6. The number of fused-ring (bicyclic) bond motifs is 4. The number of carbonyl (C=O) groups excluding carboxylic acids is 2. The number of benzene rings is 7. The van der Waals surface area contributed by atoms with Gasteiger partial charge in [0.15, 0.2) is 0 Å². The predicted octanol–water partition coefficient (Wildman–Crippen LogP) is 10.9. The van der Waals surface area contributed by atoms with Crippen LogP contribution in [-0.4, -0.2) is 16.4 Å². The molecule has 8 aromatic rings. The maximum absolute atomic E-state index is 14.7. The van der Waals surface area contributed by atoms with Crippen LogP contribution in [0.2, 0.25) is 0 Å². The largest absolute Gasteiger partial charge is 0.308 e. The molecule has 0 unspecified atom stereocenters. The lowest BCUT2D eigenvalue weighted by atomic mass is 9.97. The van der Waals surface area contributed by atoms with Crippen LogP contribution in [0.3, 0.4) is 0 Å². The maximum Gasteiger partial charge on any atom is 0.268 e. The SMILES string of the molecule is Cc1cccc(-c2ccc3c(c2)c2ccccc2n3-c2cccc3c2C(=O)N(c2ccc(-c4ccccc4)cc2-c2ccccc2)C3=O)c1. The van der Waals surface area contributed by atoms with Gasteiger partial charge in [0.2, 0.25) is 0 Å². The zero-order chi connectivity index (χ0) is 33.1. The quantitative estimate of drug-likeness (QED) is 0.178. The molecule has 4 heteroatoms. The van der Waals surface area contributed by atoms with E-state index in [1.54, 1.807) is 6.07 Å². The predicted molar refractivity (Wildman–Crippen MR) is 199 cm³/mol. The Hall–Kier alpha value is -6.52. The number of para-hydroxylation sites is 1. The second kappa shape index (κ2) is 11.3. The molecule has 2 heterocycles. The summed E-state index contributed by atoms with van der Waals surface area (Å²) < 4.78 is 2.13. The third-order valence-corrected chi connectivity index (χ3v) is 9.59. The number of aryl methyl sites for hydroxylation is 1. The van der Waals surface area contributed by atoms with Gasteiger partial charge >= 0.3 is 0 Å². The van der Waals surface area contributed by atoms with Crippen molar-refractivity contribution in [3.63, 3.8) is 0 Å². The van der Waals surface area contributed by atoms with E-state index < -0.39 is 0 Å². The van der Waals surface area contributed by atoms with Crippen LogP contribution in [0, 0.1) is 6.92 Å². The number of rotatable bonds is 5. The summed E-state index contributed by atoms with van der Waals surface area (Å²) >= 11 is 0. The lowest BCUT2D eigenvalue weighted by Crippen LogP contribution is -2.30. The fraction of sp³-hybridized carbons (Fsp3) is 0.0222. The number of aromatic nitrogens is 1. The molecular formula is C45H30N2O2. The first kappa shape index (κ1) is 28.7. The molecular weight excluding hydrogens is 601 g/mol. The average molecular weight is 631 g/mol. The maximum atomic E-state index is 14.7. The molecule has 0 N–H and O–H groups in total. The Balaban J connectivity index is 1.22. The van der Waals surface area contributed by atoms with Crippen LogP contribution in [0.1, 0.15) is 26.3 Å². The van der Waals surface area contributed by atoms with E-state index in [1.807, 2.05) is 84.9 Å². The summed E-state index contributed by atoms with van der Waals surface area (Å²) in [6.45, 7) is 2.10. The molecule has 0 aliphatic carbocycles. The van der Waals surface area contributed by atoms with Crippen molar-refractivity contribution in [3.05, 3.63) is 180 Å². The first-order valence-electron chi connectivity index (χ1n) is 16.4. The van der Waals surface area contributed by atoms with Gasteiger partial charge in [-0.25, -0.2) is 4.90 Å². The van der Waals surface area contributed by atoms with Gasteiger partial charge in [0.1, 0.15) is 0 Å². The fourth-order valence-corrected chi connectivity index (χ4v) is 7.30. The van der Waals surface area contributed by atoms with Crippen LogP contribution >= 0.6 is 0 Å². The summed E-state index contributed by atoms with van der Waals surface area (Å²) in [5, 5.41) is 2.17. The Labute approximate surface area is 284 Å². The topological polar surface area (TPSA) is 42.3 Å². The van der Waals surface area contributed by atoms with Gasteiger partial charge in [-0.2, -0.15) is 0 Å². The number of carbonyl (C=O) groups is 2. The molecule has 4 nitrogen and oxygen atoms in total. The van der Waals surface area contributed by atoms with Crippen molar-refractivity contribution in [3.8, 4) is 39.1 Å². The van der Waals surface area contributed by atoms with Crippen LogP contribution in [0.25, 0.3) is 60.9 Å². The number of imide groups is 1. The van der Waals surface area contributed by atoms with Crippen LogP contribution < -0.4 is 4.90 Å². The lowest BCUT2D eigenvalue weighted by Gasteiger charge is -2.20. The Kier molecular flexibility index (Phi) is 6.63. The fourth-order valence-electron chi connectivity index (χ4n) is 7.30. The van der Waals surface area contributed by atoms with Crippen LogP contribution in [0.4, 0.5) is 5.69 Å². The molecule has 1 aromatic heterocycles. The second-order valence-corrected chi connectivity index (χ2v) is 12.6. The highest BCUT2D eigenvalue weighted by molar-refractivity contribution is 6.36. The number of amides is 2. The van der Waals surface area contributed by atoms with Gasteiger partial charge in [0, 0.05) is 16.3 Å². The molecule has 2 amide bonds. The van der Waals surface area contributed by atoms with Gasteiger partial charge in [0.25, 0.3) is 11.8 Å². The van der Waals surface area contributed by atoms with Gasteiger partial charge < -0.3 is 4.57 Å². The second-order valence-electron chi connectivity index (χ2n) is 12.6. The van der Waals surface area contributed by atoms with Crippen LogP contribution in [0.15, 0.2) is 164 Å². The van der Waals surface area contributed by atoms with Crippen LogP contribution in [-0.2, 0) is 0 Å². The Bertz CT molecular complexity index is 2600. The average Bonchev–Trinajstić information content (AvgIpc) is 3.62.